The van der Waals surface area contributed by atoms with Gasteiger partial charge in [-0.15, -0.1) is 0 Å². The van der Waals surface area contributed by atoms with Crippen LogP contribution in [0.5, 0.6) is 5.75 Å². The predicted octanol–water partition coefficient (Wildman–Crippen LogP) is 1.96. The molecule has 0 spiro atoms. The number of benzene rings is 1. The maximum absolute atomic E-state index is 11.1. The summed E-state index contributed by atoms with van der Waals surface area (Å²) in [6.45, 7) is 3.72. The van der Waals surface area contributed by atoms with Gasteiger partial charge in [-0.2, -0.15) is 0 Å². The van der Waals surface area contributed by atoms with Crippen LogP contribution >= 0.6 is 0 Å². The zero-order valence-electron chi connectivity index (χ0n) is 14.1. The predicted molar refractivity (Wildman–Crippen MR) is 94.5 cm³/mol. The number of carbonyl (C=O) groups excluding carboxylic acids is 1. The van der Waals surface area contributed by atoms with Gasteiger partial charge in [0.2, 0.25) is 0 Å². The molecule has 0 saturated carbocycles. The van der Waals surface area contributed by atoms with Crippen LogP contribution in [0.25, 0.3) is 0 Å². The van der Waals surface area contributed by atoms with Gasteiger partial charge in [-0.1, -0.05) is 18.2 Å². The Balaban J connectivity index is 1.71. The lowest BCUT2D eigenvalue weighted by Gasteiger charge is -2.28. The summed E-state index contributed by atoms with van der Waals surface area (Å²) < 4.78 is 11.1. The topological polar surface area (TPSA) is 102 Å². The van der Waals surface area contributed by atoms with E-state index >= 15 is 0 Å². The minimum atomic E-state index is -0.584. The van der Waals surface area contributed by atoms with Crippen LogP contribution in [0.4, 0.5) is 0 Å². The number of rotatable bonds is 5. The van der Waals surface area contributed by atoms with Crippen molar-refractivity contribution in [2.45, 2.75) is 25.9 Å². The third kappa shape index (κ3) is 4.12. The van der Waals surface area contributed by atoms with Gasteiger partial charge in [-0.3, -0.25) is 4.79 Å². The molecule has 132 valence electrons. The summed E-state index contributed by atoms with van der Waals surface area (Å²) in [6, 6.07) is 11.4. The molecule has 1 aliphatic heterocycles. The van der Waals surface area contributed by atoms with Gasteiger partial charge in [0.1, 0.15) is 18.1 Å². The van der Waals surface area contributed by atoms with E-state index in [1.165, 1.54) is 0 Å². The van der Waals surface area contributed by atoms with E-state index in [0.717, 1.165) is 24.3 Å². The van der Waals surface area contributed by atoms with Crippen molar-refractivity contribution in [2.24, 2.45) is 10.7 Å². The van der Waals surface area contributed by atoms with Gasteiger partial charge in [-0.25, -0.2) is 4.99 Å². The van der Waals surface area contributed by atoms with Crippen LogP contribution in [-0.4, -0.2) is 25.0 Å². The fraction of sp³-hybridized carbons (Fsp3) is 0.333. The van der Waals surface area contributed by atoms with Gasteiger partial charge in [-0.05, 0) is 25.1 Å². The molecule has 7 heteroatoms. The van der Waals surface area contributed by atoms with E-state index in [0.29, 0.717) is 24.9 Å². The second-order valence-electron chi connectivity index (χ2n) is 5.70. The summed E-state index contributed by atoms with van der Waals surface area (Å²) in [4.78, 5) is 15.6. The molecule has 1 aliphatic rings. The first kappa shape index (κ1) is 16.9. The molecule has 0 radical (unpaired) electrons. The molecule has 1 atom stereocenters. The molecule has 3 rings (SSSR count). The molecule has 25 heavy (non-hydrogen) atoms. The molecular weight excluding hydrogens is 320 g/mol. The number of nitrogens with zero attached hydrogens (tertiary/aromatic N) is 1. The van der Waals surface area contributed by atoms with Crippen molar-refractivity contribution in [3.63, 3.8) is 0 Å². The number of primary amides is 1. The lowest BCUT2D eigenvalue weighted by atomic mass is 10.0. The molecule has 1 unspecified atom stereocenters. The summed E-state index contributed by atoms with van der Waals surface area (Å²) in [5, 5.41) is 6.66. The highest BCUT2D eigenvalue weighted by atomic mass is 16.5. The molecule has 2 aromatic rings. The number of aliphatic imine (C=N–C) groups is 1. The van der Waals surface area contributed by atoms with E-state index in [2.05, 4.69) is 21.7 Å². The Morgan fingerprint density at radius 3 is 2.92 bits per heavy atom. The normalized spacial score (nSPS) is 16.7. The van der Waals surface area contributed by atoms with Crippen molar-refractivity contribution in [3.8, 4) is 5.75 Å². The minimum Gasteiger partial charge on any atom is -0.493 e. The molecule has 1 amide bonds. The van der Waals surface area contributed by atoms with Gasteiger partial charge < -0.3 is 25.5 Å². The standard InChI is InChI=1S/C18H22N4O3/c1-2-20-18(21-11-12-7-8-16(25-12)17(19)23)22-14-9-10-24-15-6-4-3-5-13(14)15/h3-8,14H,2,9-11H2,1H3,(H2,19,23)(H2,20,21,22). The number of guanidine groups is 1. The van der Waals surface area contributed by atoms with Crippen LogP contribution in [0.3, 0.4) is 0 Å². The third-order valence-electron chi connectivity index (χ3n) is 3.91. The fourth-order valence-electron chi connectivity index (χ4n) is 2.73. The Morgan fingerprint density at radius 2 is 2.16 bits per heavy atom. The molecule has 0 fully saturated rings. The molecule has 0 aliphatic carbocycles. The Hall–Kier alpha value is -2.96. The van der Waals surface area contributed by atoms with Gasteiger partial charge >= 0.3 is 0 Å². The van der Waals surface area contributed by atoms with Crippen LogP contribution in [0.15, 0.2) is 45.8 Å². The highest BCUT2D eigenvalue weighted by Crippen LogP contribution is 2.31. The summed E-state index contributed by atoms with van der Waals surface area (Å²) in [5.41, 5.74) is 6.31. The minimum absolute atomic E-state index is 0.125. The van der Waals surface area contributed by atoms with E-state index < -0.39 is 5.91 Å². The van der Waals surface area contributed by atoms with Crippen LogP contribution < -0.4 is 21.1 Å². The summed E-state index contributed by atoms with van der Waals surface area (Å²) in [7, 11) is 0. The van der Waals surface area contributed by atoms with Gasteiger partial charge in [0.25, 0.3) is 5.91 Å². The number of ether oxygens (including phenoxy) is 1. The van der Waals surface area contributed by atoms with Crippen molar-refractivity contribution >= 4 is 11.9 Å². The maximum Gasteiger partial charge on any atom is 0.284 e. The van der Waals surface area contributed by atoms with Gasteiger partial charge in [0, 0.05) is 18.5 Å². The van der Waals surface area contributed by atoms with Crippen LogP contribution in [0.1, 0.15) is 41.3 Å². The van der Waals surface area contributed by atoms with Crippen molar-refractivity contribution in [1.29, 1.82) is 0 Å². The molecule has 4 N–H and O–H groups in total. The van der Waals surface area contributed by atoms with Crippen LogP contribution in [0.2, 0.25) is 0 Å². The van der Waals surface area contributed by atoms with E-state index in [4.69, 9.17) is 14.9 Å². The first-order chi connectivity index (χ1) is 12.2. The Bertz CT molecular complexity index is 769. The molecular formula is C18H22N4O3. The highest BCUT2D eigenvalue weighted by Gasteiger charge is 2.21. The second-order valence-corrected chi connectivity index (χ2v) is 5.70. The van der Waals surface area contributed by atoms with Crippen molar-refractivity contribution in [1.82, 2.24) is 10.6 Å². The number of nitrogens with two attached hydrogens (primary N) is 1. The third-order valence-corrected chi connectivity index (χ3v) is 3.91. The second kappa shape index (κ2) is 7.74. The number of carbonyl (C=O) groups is 1. The first-order valence-electron chi connectivity index (χ1n) is 8.32. The van der Waals surface area contributed by atoms with Crippen molar-refractivity contribution in [2.75, 3.05) is 13.2 Å². The Morgan fingerprint density at radius 1 is 1.32 bits per heavy atom. The largest absolute Gasteiger partial charge is 0.493 e. The Labute approximate surface area is 146 Å². The van der Waals surface area contributed by atoms with E-state index in [1.54, 1.807) is 12.1 Å². The quantitative estimate of drug-likeness (QED) is 0.569. The Kier molecular flexibility index (Phi) is 5.23. The average molecular weight is 342 g/mol. The molecule has 1 aromatic carbocycles. The number of nitrogens with one attached hydrogen (secondary N) is 2. The zero-order valence-corrected chi connectivity index (χ0v) is 14.1. The van der Waals surface area contributed by atoms with E-state index in [1.807, 2.05) is 25.1 Å². The maximum atomic E-state index is 11.1. The number of para-hydroxylation sites is 1. The zero-order chi connectivity index (χ0) is 17.6. The lowest BCUT2D eigenvalue weighted by Crippen LogP contribution is -2.41. The number of fused-ring (bicyclic) bond motifs is 1. The number of hydrogen-bond donors (Lipinski definition) is 3. The SMILES string of the molecule is CCNC(=NCc1ccc(C(N)=O)o1)NC1CCOc2ccccc21. The molecule has 7 nitrogen and oxygen atoms in total. The summed E-state index contributed by atoms with van der Waals surface area (Å²) >= 11 is 0. The number of amides is 1. The van der Waals surface area contributed by atoms with E-state index in [9.17, 15) is 4.79 Å². The fourth-order valence-corrected chi connectivity index (χ4v) is 2.73. The molecule has 2 heterocycles. The first-order valence-corrected chi connectivity index (χ1v) is 8.32. The lowest BCUT2D eigenvalue weighted by molar-refractivity contribution is 0.0972. The summed E-state index contributed by atoms with van der Waals surface area (Å²) in [5.74, 6) is 1.72. The number of furan rings is 1. The van der Waals surface area contributed by atoms with Gasteiger partial charge in [0.15, 0.2) is 11.7 Å². The van der Waals surface area contributed by atoms with Crippen molar-refractivity contribution < 1.29 is 13.9 Å². The van der Waals surface area contributed by atoms with Crippen molar-refractivity contribution in [3.05, 3.63) is 53.5 Å². The van der Waals surface area contributed by atoms with Crippen LogP contribution in [0, 0.1) is 0 Å². The van der Waals surface area contributed by atoms with Gasteiger partial charge in [0.05, 0.1) is 12.6 Å². The number of hydrogen-bond acceptors (Lipinski definition) is 4. The molecule has 0 bridgehead atoms. The molecule has 1 aromatic heterocycles. The van der Waals surface area contributed by atoms with E-state index in [-0.39, 0.29) is 11.8 Å². The highest BCUT2D eigenvalue weighted by molar-refractivity contribution is 5.89. The molecule has 0 saturated heterocycles. The average Bonchev–Trinajstić information content (AvgIpc) is 3.09. The summed E-state index contributed by atoms with van der Waals surface area (Å²) in [6.07, 6.45) is 0.855. The smallest absolute Gasteiger partial charge is 0.284 e. The van der Waals surface area contributed by atoms with Crippen LogP contribution in [-0.2, 0) is 6.54 Å². The monoisotopic (exact) mass is 342 g/mol.